The predicted octanol–water partition coefficient (Wildman–Crippen LogP) is 1.92. The summed E-state index contributed by atoms with van der Waals surface area (Å²) < 4.78 is 5.02. The molecule has 86 valence electrons. The first-order valence-corrected chi connectivity index (χ1v) is 4.85. The van der Waals surface area contributed by atoms with Crippen molar-refractivity contribution in [1.82, 2.24) is 4.90 Å². The fourth-order valence-electron chi connectivity index (χ4n) is 1.24. The summed E-state index contributed by atoms with van der Waals surface area (Å²) in [4.78, 5) is 11.7. The minimum absolute atomic E-state index is 0.0918. The van der Waals surface area contributed by atoms with Crippen LogP contribution in [-0.4, -0.2) is 22.9 Å². The SMILES string of the molecule is CC(CC#N)N(C)Cc1ccc([N+](=O)[O-])o1. The minimum atomic E-state index is -0.567. The standard InChI is InChI=1S/C10H13N3O3/c1-8(5-6-11)12(2)7-9-3-4-10(16-9)13(14)15/h3-4,8H,5,7H2,1-2H3. The molecule has 0 aliphatic heterocycles. The highest BCUT2D eigenvalue weighted by molar-refractivity contribution is 5.17. The second kappa shape index (κ2) is 5.28. The van der Waals surface area contributed by atoms with Gasteiger partial charge in [-0.15, -0.1) is 0 Å². The monoisotopic (exact) mass is 223 g/mol. The normalized spacial score (nSPS) is 12.4. The molecular formula is C10H13N3O3. The van der Waals surface area contributed by atoms with E-state index in [1.54, 1.807) is 6.07 Å². The van der Waals surface area contributed by atoms with Crippen LogP contribution < -0.4 is 0 Å². The molecule has 0 spiro atoms. The van der Waals surface area contributed by atoms with Gasteiger partial charge in [-0.05, 0) is 20.0 Å². The van der Waals surface area contributed by atoms with Crippen molar-refractivity contribution in [2.45, 2.75) is 25.9 Å². The van der Waals surface area contributed by atoms with Crippen molar-refractivity contribution >= 4 is 5.88 Å². The number of nitro groups is 1. The minimum Gasteiger partial charge on any atom is -0.404 e. The summed E-state index contributed by atoms with van der Waals surface area (Å²) in [5, 5.41) is 18.9. The molecule has 0 aliphatic carbocycles. The molecular weight excluding hydrogens is 210 g/mol. The van der Waals surface area contributed by atoms with Gasteiger partial charge in [-0.2, -0.15) is 5.26 Å². The first-order chi connectivity index (χ1) is 7.54. The van der Waals surface area contributed by atoms with Crippen molar-refractivity contribution in [3.63, 3.8) is 0 Å². The lowest BCUT2D eigenvalue weighted by Gasteiger charge is -2.20. The van der Waals surface area contributed by atoms with Crippen LogP contribution in [0, 0.1) is 21.4 Å². The Balaban J connectivity index is 2.59. The van der Waals surface area contributed by atoms with Gasteiger partial charge in [0.1, 0.15) is 10.7 Å². The smallest absolute Gasteiger partial charge is 0.404 e. The van der Waals surface area contributed by atoms with Crippen LogP contribution >= 0.6 is 0 Å². The molecule has 1 aromatic heterocycles. The zero-order valence-corrected chi connectivity index (χ0v) is 9.21. The molecule has 6 heteroatoms. The second-order valence-corrected chi connectivity index (χ2v) is 3.62. The van der Waals surface area contributed by atoms with Crippen LogP contribution in [0.4, 0.5) is 5.88 Å². The van der Waals surface area contributed by atoms with Crippen molar-refractivity contribution in [3.05, 3.63) is 28.0 Å². The number of furan rings is 1. The summed E-state index contributed by atoms with van der Waals surface area (Å²) in [6.45, 7) is 2.37. The Morgan fingerprint density at radius 1 is 1.69 bits per heavy atom. The average Bonchev–Trinajstić information content (AvgIpc) is 2.66. The molecule has 1 atom stereocenters. The van der Waals surface area contributed by atoms with Crippen LogP contribution in [0.5, 0.6) is 0 Å². The molecule has 1 aromatic rings. The summed E-state index contributed by atoms with van der Waals surface area (Å²) in [7, 11) is 1.84. The summed E-state index contributed by atoms with van der Waals surface area (Å²) in [5.74, 6) is 0.273. The van der Waals surface area contributed by atoms with E-state index in [4.69, 9.17) is 9.68 Å². The summed E-state index contributed by atoms with van der Waals surface area (Å²) in [5.41, 5.74) is 0. The predicted molar refractivity (Wildman–Crippen MR) is 56.5 cm³/mol. The molecule has 6 nitrogen and oxygen atoms in total. The Labute approximate surface area is 93.2 Å². The van der Waals surface area contributed by atoms with Crippen LogP contribution in [0.1, 0.15) is 19.1 Å². The highest BCUT2D eigenvalue weighted by atomic mass is 16.6. The van der Waals surface area contributed by atoms with E-state index >= 15 is 0 Å². The number of rotatable bonds is 5. The third-order valence-corrected chi connectivity index (χ3v) is 2.37. The first-order valence-electron chi connectivity index (χ1n) is 4.85. The van der Waals surface area contributed by atoms with E-state index in [2.05, 4.69) is 6.07 Å². The number of hydrogen-bond acceptors (Lipinski definition) is 5. The van der Waals surface area contributed by atoms with Gasteiger partial charge in [0, 0.05) is 6.04 Å². The number of nitriles is 1. The Kier molecular flexibility index (Phi) is 4.03. The number of nitrogens with zero attached hydrogens (tertiary/aromatic N) is 3. The molecule has 0 amide bonds. The van der Waals surface area contributed by atoms with Crippen molar-refractivity contribution in [1.29, 1.82) is 5.26 Å². The van der Waals surface area contributed by atoms with Crippen molar-refractivity contribution < 1.29 is 9.34 Å². The van der Waals surface area contributed by atoms with Gasteiger partial charge in [0.25, 0.3) is 0 Å². The Hall–Kier alpha value is -1.87. The van der Waals surface area contributed by atoms with Gasteiger partial charge in [0.2, 0.25) is 0 Å². The van der Waals surface area contributed by atoms with Crippen molar-refractivity contribution in [2.24, 2.45) is 0 Å². The maximum absolute atomic E-state index is 10.4. The molecule has 1 rings (SSSR count). The molecule has 16 heavy (non-hydrogen) atoms. The lowest BCUT2D eigenvalue weighted by atomic mass is 10.2. The summed E-state index contributed by atoms with van der Waals surface area (Å²) in [6.07, 6.45) is 0.416. The van der Waals surface area contributed by atoms with Gasteiger partial charge >= 0.3 is 5.88 Å². The molecule has 0 fully saturated rings. The Morgan fingerprint density at radius 2 is 2.38 bits per heavy atom. The van der Waals surface area contributed by atoms with Crippen molar-refractivity contribution in [3.8, 4) is 6.07 Å². The van der Waals surface area contributed by atoms with E-state index in [1.165, 1.54) is 6.07 Å². The molecule has 0 bridgehead atoms. The molecule has 0 N–H and O–H groups in total. The van der Waals surface area contributed by atoms with Gasteiger partial charge in [-0.25, -0.2) is 0 Å². The van der Waals surface area contributed by atoms with Crippen LogP contribution in [0.25, 0.3) is 0 Å². The molecule has 0 saturated heterocycles. The average molecular weight is 223 g/mol. The van der Waals surface area contributed by atoms with Crippen molar-refractivity contribution in [2.75, 3.05) is 7.05 Å². The molecule has 1 unspecified atom stereocenters. The van der Waals surface area contributed by atoms with Gasteiger partial charge in [0.15, 0.2) is 0 Å². The van der Waals surface area contributed by atoms with Gasteiger partial charge < -0.3 is 4.42 Å². The number of hydrogen-bond donors (Lipinski definition) is 0. The zero-order chi connectivity index (χ0) is 12.1. The molecule has 0 aromatic carbocycles. The summed E-state index contributed by atoms with van der Waals surface area (Å²) >= 11 is 0. The molecule has 1 heterocycles. The van der Waals surface area contributed by atoms with Crippen LogP contribution in [0.2, 0.25) is 0 Å². The van der Waals surface area contributed by atoms with E-state index in [1.807, 2.05) is 18.9 Å². The van der Waals surface area contributed by atoms with E-state index in [0.717, 1.165) is 0 Å². The van der Waals surface area contributed by atoms with Gasteiger partial charge in [-0.3, -0.25) is 15.0 Å². The third-order valence-electron chi connectivity index (χ3n) is 2.37. The topological polar surface area (TPSA) is 83.3 Å². The van der Waals surface area contributed by atoms with Gasteiger partial charge in [0.05, 0.1) is 25.1 Å². The van der Waals surface area contributed by atoms with E-state index in [9.17, 15) is 10.1 Å². The highest BCUT2D eigenvalue weighted by Gasteiger charge is 2.15. The quantitative estimate of drug-likeness (QED) is 0.562. The Morgan fingerprint density at radius 3 is 2.88 bits per heavy atom. The van der Waals surface area contributed by atoms with E-state index < -0.39 is 4.92 Å². The molecule has 0 saturated carbocycles. The van der Waals surface area contributed by atoms with Crippen LogP contribution in [0.15, 0.2) is 16.5 Å². The third kappa shape index (κ3) is 3.07. The summed E-state index contributed by atoms with van der Waals surface area (Å²) in [6, 6.07) is 5.08. The lowest BCUT2D eigenvalue weighted by Crippen LogP contribution is -2.27. The maximum Gasteiger partial charge on any atom is 0.433 e. The Bertz CT molecular complexity index is 408. The fraction of sp³-hybridized carbons (Fsp3) is 0.500. The van der Waals surface area contributed by atoms with Gasteiger partial charge in [-0.1, -0.05) is 0 Å². The largest absolute Gasteiger partial charge is 0.433 e. The second-order valence-electron chi connectivity index (χ2n) is 3.62. The first kappa shape index (κ1) is 12.2. The lowest BCUT2D eigenvalue weighted by molar-refractivity contribution is -0.402. The zero-order valence-electron chi connectivity index (χ0n) is 9.21. The molecule has 0 radical (unpaired) electrons. The maximum atomic E-state index is 10.4. The van der Waals surface area contributed by atoms with E-state index in [-0.39, 0.29) is 11.9 Å². The van der Waals surface area contributed by atoms with Crippen LogP contribution in [0.3, 0.4) is 0 Å². The highest BCUT2D eigenvalue weighted by Crippen LogP contribution is 2.17. The van der Waals surface area contributed by atoms with E-state index in [0.29, 0.717) is 18.7 Å². The van der Waals surface area contributed by atoms with Crippen LogP contribution in [-0.2, 0) is 6.54 Å². The fourth-order valence-corrected chi connectivity index (χ4v) is 1.24. The molecule has 0 aliphatic rings.